The molecule has 0 fully saturated rings. The van der Waals surface area contributed by atoms with E-state index in [1.165, 1.54) is 53.5 Å². The van der Waals surface area contributed by atoms with E-state index in [0.29, 0.717) is 13.0 Å². The number of ether oxygens (including phenoxy) is 1. The Kier molecular flexibility index (Phi) is 5.31. The summed E-state index contributed by atoms with van der Waals surface area (Å²) in [7, 11) is 0. The highest BCUT2D eigenvalue weighted by atomic mass is 16.5. The molecule has 2 aromatic heterocycles. The normalized spacial score (nSPS) is 14.0. The fraction of sp³-hybridized carbons (Fsp3) is 0.579. The van der Waals surface area contributed by atoms with Crippen LogP contribution in [-0.2, 0) is 28.8 Å². The molecule has 1 N–H and O–H groups in total. The Hall–Kier alpha value is -1.84. The third kappa shape index (κ3) is 3.74. The number of unbranched alkanes of at least 4 members (excludes halogenated alkanes) is 2. The van der Waals surface area contributed by atoms with Gasteiger partial charge < -0.3 is 9.72 Å². The number of nitrogens with one attached hydrogen (secondary N) is 1. The molecule has 0 saturated heterocycles. The average molecular weight is 314 g/mol. The standard InChI is InChI=1S/C19H26N2O2/c1-2-23-18(22)11-5-3-4-10-17-19-15(12-13-20-17)14-8-6-7-9-16(14)21-19/h12-13,21H,2-11H2,1H3. The van der Waals surface area contributed by atoms with Gasteiger partial charge >= 0.3 is 5.97 Å². The van der Waals surface area contributed by atoms with Gasteiger partial charge in [-0.05, 0) is 63.5 Å². The molecule has 1 aliphatic carbocycles. The van der Waals surface area contributed by atoms with Crippen LogP contribution in [0.4, 0.5) is 0 Å². The first-order chi connectivity index (χ1) is 11.3. The molecular formula is C19H26N2O2. The van der Waals surface area contributed by atoms with Crippen molar-refractivity contribution in [3.63, 3.8) is 0 Å². The molecule has 0 amide bonds. The minimum Gasteiger partial charge on any atom is -0.466 e. The Morgan fingerprint density at radius 1 is 1.26 bits per heavy atom. The van der Waals surface area contributed by atoms with Gasteiger partial charge in [0.25, 0.3) is 0 Å². The zero-order valence-electron chi connectivity index (χ0n) is 14.0. The maximum Gasteiger partial charge on any atom is 0.305 e. The molecule has 0 unspecified atom stereocenters. The number of aromatic amines is 1. The summed E-state index contributed by atoms with van der Waals surface area (Å²) in [6, 6.07) is 2.15. The van der Waals surface area contributed by atoms with Crippen molar-refractivity contribution in [1.29, 1.82) is 0 Å². The number of aryl methyl sites for hydroxylation is 3. The number of carbonyl (C=O) groups is 1. The molecule has 4 heteroatoms. The van der Waals surface area contributed by atoms with E-state index < -0.39 is 0 Å². The van der Waals surface area contributed by atoms with Crippen molar-refractivity contribution in [3.05, 3.63) is 29.2 Å². The van der Waals surface area contributed by atoms with Crippen molar-refractivity contribution in [2.45, 2.75) is 64.7 Å². The van der Waals surface area contributed by atoms with Crippen LogP contribution in [0, 0.1) is 0 Å². The zero-order valence-corrected chi connectivity index (χ0v) is 14.0. The molecule has 0 aliphatic heterocycles. The minimum absolute atomic E-state index is 0.0789. The van der Waals surface area contributed by atoms with Gasteiger partial charge in [0.1, 0.15) is 0 Å². The first-order valence-corrected chi connectivity index (χ1v) is 8.92. The third-order valence-corrected chi connectivity index (χ3v) is 4.70. The molecule has 124 valence electrons. The molecule has 0 aromatic carbocycles. The number of hydrogen-bond donors (Lipinski definition) is 1. The number of fused-ring (bicyclic) bond motifs is 3. The van der Waals surface area contributed by atoms with Crippen LogP contribution in [0.15, 0.2) is 12.3 Å². The number of pyridine rings is 1. The molecular weight excluding hydrogens is 288 g/mol. The van der Waals surface area contributed by atoms with E-state index in [1.54, 1.807) is 0 Å². The van der Waals surface area contributed by atoms with Gasteiger partial charge in [-0.3, -0.25) is 9.78 Å². The molecule has 0 spiro atoms. The van der Waals surface area contributed by atoms with Gasteiger partial charge in [-0.1, -0.05) is 6.42 Å². The summed E-state index contributed by atoms with van der Waals surface area (Å²) in [4.78, 5) is 19.5. The minimum atomic E-state index is -0.0789. The molecule has 2 heterocycles. The van der Waals surface area contributed by atoms with Crippen LogP contribution in [0.25, 0.3) is 10.9 Å². The van der Waals surface area contributed by atoms with Gasteiger partial charge in [0.2, 0.25) is 0 Å². The number of esters is 1. The van der Waals surface area contributed by atoms with Crippen LogP contribution in [0.5, 0.6) is 0 Å². The lowest BCUT2D eigenvalue weighted by molar-refractivity contribution is -0.143. The lowest BCUT2D eigenvalue weighted by atomic mass is 9.96. The fourth-order valence-electron chi connectivity index (χ4n) is 3.55. The number of H-pyrrole nitrogens is 1. The Balaban J connectivity index is 1.58. The average Bonchev–Trinajstić information content (AvgIpc) is 2.94. The first kappa shape index (κ1) is 16.0. The van der Waals surface area contributed by atoms with E-state index in [1.807, 2.05) is 13.1 Å². The Morgan fingerprint density at radius 2 is 2.13 bits per heavy atom. The molecule has 0 saturated carbocycles. The van der Waals surface area contributed by atoms with Gasteiger partial charge in [-0.25, -0.2) is 0 Å². The molecule has 0 atom stereocenters. The maximum atomic E-state index is 11.3. The summed E-state index contributed by atoms with van der Waals surface area (Å²) in [6.45, 7) is 2.32. The monoisotopic (exact) mass is 314 g/mol. The SMILES string of the molecule is CCOC(=O)CCCCCc1nccc2c3c([nH]c12)CCCC3. The van der Waals surface area contributed by atoms with Crippen LogP contribution in [0.1, 0.15) is 62.4 Å². The first-order valence-electron chi connectivity index (χ1n) is 8.92. The predicted octanol–water partition coefficient (Wildman–Crippen LogP) is 4.11. The van der Waals surface area contributed by atoms with Crippen molar-refractivity contribution in [2.24, 2.45) is 0 Å². The highest BCUT2D eigenvalue weighted by molar-refractivity contribution is 5.86. The summed E-state index contributed by atoms with van der Waals surface area (Å²) in [6.07, 6.45) is 11.4. The summed E-state index contributed by atoms with van der Waals surface area (Å²) < 4.78 is 4.95. The molecule has 23 heavy (non-hydrogen) atoms. The van der Waals surface area contributed by atoms with Crippen LogP contribution >= 0.6 is 0 Å². The van der Waals surface area contributed by atoms with Crippen LogP contribution < -0.4 is 0 Å². The number of nitrogens with zero attached hydrogens (tertiary/aromatic N) is 1. The summed E-state index contributed by atoms with van der Waals surface area (Å²) in [5, 5.41) is 1.37. The van der Waals surface area contributed by atoms with Crippen LogP contribution in [-0.4, -0.2) is 22.5 Å². The second-order valence-corrected chi connectivity index (χ2v) is 6.34. The van der Waals surface area contributed by atoms with E-state index >= 15 is 0 Å². The molecule has 1 aliphatic rings. The van der Waals surface area contributed by atoms with E-state index in [0.717, 1.165) is 25.7 Å². The molecule has 4 nitrogen and oxygen atoms in total. The van der Waals surface area contributed by atoms with Crippen molar-refractivity contribution >= 4 is 16.9 Å². The summed E-state index contributed by atoms with van der Waals surface area (Å²) in [5.41, 5.74) is 5.35. The van der Waals surface area contributed by atoms with Crippen molar-refractivity contribution in [2.75, 3.05) is 6.61 Å². The van der Waals surface area contributed by atoms with Gasteiger partial charge in [0, 0.05) is 23.7 Å². The predicted molar refractivity (Wildman–Crippen MR) is 91.5 cm³/mol. The number of hydrogen-bond acceptors (Lipinski definition) is 3. The topological polar surface area (TPSA) is 55.0 Å². The molecule has 0 radical (unpaired) electrons. The number of rotatable bonds is 7. The van der Waals surface area contributed by atoms with Gasteiger partial charge in [0.15, 0.2) is 0 Å². The fourth-order valence-corrected chi connectivity index (χ4v) is 3.55. The largest absolute Gasteiger partial charge is 0.466 e. The highest BCUT2D eigenvalue weighted by Gasteiger charge is 2.17. The van der Waals surface area contributed by atoms with Crippen molar-refractivity contribution in [3.8, 4) is 0 Å². The smallest absolute Gasteiger partial charge is 0.305 e. The summed E-state index contributed by atoms with van der Waals surface area (Å²) in [5.74, 6) is -0.0789. The Morgan fingerprint density at radius 3 is 3.00 bits per heavy atom. The molecule has 3 rings (SSSR count). The van der Waals surface area contributed by atoms with E-state index in [9.17, 15) is 4.79 Å². The van der Waals surface area contributed by atoms with Crippen molar-refractivity contribution in [1.82, 2.24) is 9.97 Å². The van der Waals surface area contributed by atoms with Crippen LogP contribution in [0.3, 0.4) is 0 Å². The van der Waals surface area contributed by atoms with Gasteiger partial charge in [0.05, 0.1) is 17.8 Å². The maximum absolute atomic E-state index is 11.3. The number of aromatic nitrogens is 2. The Labute approximate surface area is 137 Å². The number of carbonyl (C=O) groups excluding carboxylic acids is 1. The highest BCUT2D eigenvalue weighted by Crippen LogP contribution is 2.30. The van der Waals surface area contributed by atoms with Crippen molar-refractivity contribution < 1.29 is 9.53 Å². The van der Waals surface area contributed by atoms with Crippen LogP contribution in [0.2, 0.25) is 0 Å². The lowest BCUT2D eigenvalue weighted by Crippen LogP contribution is -2.03. The quantitative estimate of drug-likeness (QED) is 0.618. The molecule has 0 bridgehead atoms. The second-order valence-electron chi connectivity index (χ2n) is 6.34. The second kappa shape index (κ2) is 7.62. The van der Waals surface area contributed by atoms with E-state index in [-0.39, 0.29) is 5.97 Å². The van der Waals surface area contributed by atoms with Gasteiger partial charge in [-0.2, -0.15) is 0 Å². The molecule has 2 aromatic rings. The zero-order chi connectivity index (χ0) is 16.1. The summed E-state index contributed by atoms with van der Waals surface area (Å²) >= 11 is 0. The third-order valence-electron chi connectivity index (χ3n) is 4.70. The lowest BCUT2D eigenvalue weighted by Gasteiger charge is -2.10. The Bertz CT molecular complexity index is 675. The van der Waals surface area contributed by atoms with E-state index in [2.05, 4.69) is 16.0 Å². The van der Waals surface area contributed by atoms with E-state index in [4.69, 9.17) is 4.74 Å². The van der Waals surface area contributed by atoms with Gasteiger partial charge in [-0.15, -0.1) is 0 Å².